The quantitative estimate of drug-likeness (QED) is 0.741. The van der Waals surface area contributed by atoms with Crippen LogP contribution in [0.25, 0.3) is 0 Å². The molecule has 1 aliphatic rings. The van der Waals surface area contributed by atoms with Crippen LogP contribution in [-0.4, -0.2) is 45.8 Å². The summed E-state index contributed by atoms with van der Waals surface area (Å²) in [5.74, 6) is 0. The number of hydrogen-bond donors (Lipinski definition) is 3. The third kappa shape index (κ3) is 5.32. The molecule has 1 heterocycles. The van der Waals surface area contributed by atoms with Crippen molar-refractivity contribution in [1.82, 2.24) is 0 Å². The first-order chi connectivity index (χ1) is 8.91. The van der Waals surface area contributed by atoms with Gasteiger partial charge in [-0.2, -0.15) is 0 Å². The Bertz CT molecular complexity index is 303. The molecule has 3 N–H and O–H groups in total. The van der Waals surface area contributed by atoms with Gasteiger partial charge in [-0.25, -0.2) is 0 Å². The van der Waals surface area contributed by atoms with E-state index in [1.54, 1.807) is 0 Å². The minimum Gasteiger partial charge on any atom is -0.390 e. The molecule has 1 rings (SSSR count). The molecule has 1 aliphatic heterocycles. The highest BCUT2D eigenvalue weighted by atomic mass is 16.6. The molecule has 0 spiro atoms. The SMILES string of the molecule is CC(C)(C)CCC(O)[C@H]1O[C@H](CC(C)(C)C)[C@H](O)[C@H]1O. The molecule has 0 radical (unpaired) electrons. The molecule has 0 aliphatic carbocycles. The first-order valence-corrected chi connectivity index (χ1v) is 7.60. The minimum absolute atomic E-state index is 0.0105. The van der Waals surface area contributed by atoms with Crippen molar-refractivity contribution in [3.05, 3.63) is 0 Å². The number of aliphatic hydroxyl groups excluding tert-OH is 3. The van der Waals surface area contributed by atoms with E-state index in [4.69, 9.17) is 4.74 Å². The van der Waals surface area contributed by atoms with Crippen molar-refractivity contribution in [2.75, 3.05) is 0 Å². The molecule has 120 valence electrons. The summed E-state index contributed by atoms with van der Waals surface area (Å²) in [4.78, 5) is 0. The molecule has 0 saturated carbocycles. The minimum atomic E-state index is -1.00. The summed E-state index contributed by atoms with van der Waals surface area (Å²) in [6, 6.07) is 0. The smallest absolute Gasteiger partial charge is 0.112 e. The van der Waals surface area contributed by atoms with Crippen LogP contribution < -0.4 is 0 Å². The lowest BCUT2D eigenvalue weighted by atomic mass is 9.86. The second-order valence-corrected chi connectivity index (χ2v) is 8.55. The Hall–Kier alpha value is -0.160. The molecule has 1 fully saturated rings. The topological polar surface area (TPSA) is 69.9 Å². The highest BCUT2D eigenvalue weighted by Gasteiger charge is 2.46. The summed E-state index contributed by atoms with van der Waals surface area (Å²) < 4.78 is 5.74. The fraction of sp³-hybridized carbons (Fsp3) is 1.00. The summed E-state index contributed by atoms with van der Waals surface area (Å²) in [6.07, 6.45) is -1.65. The second kappa shape index (κ2) is 6.30. The highest BCUT2D eigenvalue weighted by Crippen LogP contribution is 2.34. The van der Waals surface area contributed by atoms with Crippen molar-refractivity contribution in [1.29, 1.82) is 0 Å². The predicted molar refractivity (Wildman–Crippen MR) is 79.4 cm³/mol. The molecular formula is C16H32O4. The standard InChI is InChI=1S/C16H32O4/c1-15(2,3)8-7-10(17)14-13(19)12(18)11(20-14)9-16(4,5)6/h10-14,17-19H,7-9H2,1-6H3/t10?,11-,12+,13-,14-/m1/s1. The van der Waals surface area contributed by atoms with Crippen molar-refractivity contribution < 1.29 is 20.1 Å². The predicted octanol–water partition coefficient (Wildman–Crippen LogP) is 2.10. The van der Waals surface area contributed by atoms with Gasteiger partial charge < -0.3 is 20.1 Å². The van der Waals surface area contributed by atoms with Crippen LogP contribution >= 0.6 is 0 Å². The zero-order valence-corrected chi connectivity index (χ0v) is 13.8. The summed E-state index contributed by atoms with van der Waals surface area (Å²) in [6.45, 7) is 12.5. The van der Waals surface area contributed by atoms with Crippen LogP contribution in [-0.2, 0) is 4.74 Å². The summed E-state index contributed by atoms with van der Waals surface area (Å²) >= 11 is 0. The van der Waals surface area contributed by atoms with Crippen molar-refractivity contribution in [2.45, 2.75) is 91.3 Å². The Kier molecular flexibility index (Phi) is 5.64. The lowest BCUT2D eigenvalue weighted by Crippen LogP contribution is -2.39. The van der Waals surface area contributed by atoms with E-state index < -0.39 is 30.5 Å². The second-order valence-electron chi connectivity index (χ2n) is 8.55. The van der Waals surface area contributed by atoms with Gasteiger partial charge >= 0.3 is 0 Å². The molecule has 0 amide bonds. The van der Waals surface area contributed by atoms with Crippen LogP contribution in [0, 0.1) is 10.8 Å². The Morgan fingerprint density at radius 2 is 1.50 bits per heavy atom. The summed E-state index contributed by atoms with van der Waals surface area (Å²) in [5, 5.41) is 30.4. The summed E-state index contributed by atoms with van der Waals surface area (Å²) in [7, 11) is 0. The average Bonchev–Trinajstić information content (AvgIpc) is 2.51. The first kappa shape index (κ1) is 17.9. The number of ether oxygens (including phenoxy) is 1. The molecule has 0 aromatic heterocycles. The Balaban J connectivity index is 2.59. The average molecular weight is 288 g/mol. The lowest BCUT2D eigenvalue weighted by molar-refractivity contribution is -0.0761. The Labute approximate surface area is 123 Å². The van der Waals surface area contributed by atoms with Gasteiger partial charge in [0.25, 0.3) is 0 Å². The zero-order valence-electron chi connectivity index (χ0n) is 13.8. The van der Waals surface area contributed by atoms with Crippen molar-refractivity contribution in [3.63, 3.8) is 0 Å². The monoisotopic (exact) mass is 288 g/mol. The van der Waals surface area contributed by atoms with E-state index in [-0.39, 0.29) is 10.8 Å². The molecular weight excluding hydrogens is 256 g/mol. The van der Waals surface area contributed by atoms with Gasteiger partial charge in [0.2, 0.25) is 0 Å². The van der Waals surface area contributed by atoms with E-state index in [1.807, 2.05) is 0 Å². The number of aliphatic hydroxyl groups is 3. The number of rotatable bonds is 4. The van der Waals surface area contributed by atoms with Gasteiger partial charge in [0, 0.05) is 0 Å². The molecule has 0 aromatic rings. The third-order valence-electron chi connectivity index (χ3n) is 3.78. The van der Waals surface area contributed by atoms with E-state index in [1.165, 1.54) is 0 Å². The van der Waals surface area contributed by atoms with Gasteiger partial charge in [-0.05, 0) is 30.1 Å². The molecule has 20 heavy (non-hydrogen) atoms. The molecule has 0 bridgehead atoms. The first-order valence-electron chi connectivity index (χ1n) is 7.60. The van der Waals surface area contributed by atoms with Crippen LogP contribution in [0.15, 0.2) is 0 Å². The van der Waals surface area contributed by atoms with Crippen LogP contribution in [0.1, 0.15) is 60.8 Å². The maximum absolute atomic E-state index is 10.2. The highest BCUT2D eigenvalue weighted by molar-refractivity contribution is 4.95. The molecule has 1 saturated heterocycles. The molecule has 0 aromatic carbocycles. The molecule has 4 nitrogen and oxygen atoms in total. The maximum Gasteiger partial charge on any atom is 0.112 e. The van der Waals surface area contributed by atoms with Gasteiger partial charge in [0.15, 0.2) is 0 Å². The van der Waals surface area contributed by atoms with Crippen molar-refractivity contribution in [2.24, 2.45) is 10.8 Å². The van der Waals surface area contributed by atoms with Crippen LogP contribution in [0.2, 0.25) is 0 Å². The zero-order chi connectivity index (χ0) is 15.7. The molecule has 1 unspecified atom stereocenters. The van der Waals surface area contributed by atoms with Gasteiger partial charge in [-0.1, -0.05) is 41.5 Å². The Morgan fingerprint density at radius 1 is 0.950 bits per heavy atom. The van der Waals surface area contributed by atoms with Crippen LogP contribution in [0.5, 0.6) is 0 Å². The van der Waals surface area contributed by atoms with Gasteiger partial charge in [-0.15, -0.1) is 0 Å². The van der Waals surface area contributed by atoms with E-state index >= 15 is 0 Å². The fourth-order valence-corrected chi connectivity index (χ4v) is 2.61. The number of hydrogen-bond acceptors (Lipinski definition) is 4. The van der Waals surface area contributed by atoms with Crippen molar-refractivity contribution in [3.8, 4) is 0 Å². The lowest BCUT2D eigenvalue weighted by Gasteiger charge is -2.26. The third-order valence-corrected chi connectivity index (χ3v) is 3.78. The van der Waals surface area contributed by atoms with Gasteiger partial charge in [0.1, 0.15) is 18.3 Å². The van der Waals surface area contributed by atoms with E-state index in [0.29, 0.717) is 12.8 Å². The molecule has 5 atom stereocenters. The van der Waals surface area contributed by atoms with E-state index in [9.17, 15) is 15.3 Å². The van der Waals surface area contributed by atoms with Gasteiger partial charge in [0.05, 0.1) is 12.2 Å². The van der Waals surface area contributed by atoms with Crippen LogP contribution in [0.4, 0.5) is 0 Å². The maximum atomic E-state index is 10.2. The molecule has 4 heteroatoms. The Morgan fingerprint density at radius 3 is 1.95 bits per heavy atom. The fourth-order valence-electron chi connectivity index (χ4n) is 2.61. The van der Waals surface area contributed by atoms with Crippen LogP contribution in [0.3, 0.4) is 0 Å². The van der Waals surface area contributed by atoms with E-state index in [0.717, 1.165) is 6.42 Å². The van der Waals surface area contributed by atoms with Crippen molar-refractivity contribution >= 4 is 0 Å². The summed E-state index contributed by atoms with van der Waals surface area (Å²) in [5.41, 5.74) is 0.143. The van der Waals surface area contributed by atoms with Gasteiger partial charge in [-0.3, -0.25) is 0 Å². The van der Waals surface area contributed by atoms with E-state index in [2.05, 4.69) is 41.5 Å². The normalized spacial score (nSPS) is 33.5. The largest absolute Gasteiger partial charge is 0.390 e.